The highest BCUT2D eigenvalue weighted by Gasteiger charge is 2.14. The summed E-state index contributed by atoms with van der Waals surface area (Å²) < 4.78 is 10.9. The van der Waals surface area contributed by atoms with Gasteiger partial charge in [-0.25, -0.2) is 0 Å². The van der Waals surface area contributed by atoms with Crippen LogP contribution < -0.4 is 5.32 Å². The predicted octanol–water partition coefficient (Wildman–Crippen LogP) is 2.07. The molecule has 1 fully saturated rings. The molecule has 0 aromatic heterocycles. The summed E-state index contributed by atoms with van der Waals surface area (Å²) in [7, 11) is 0. The Morgan fingerprint density at radius 2 is 2.38 bits per heavy atom. The van der Waals surface area contributed by atoms with Crippen LogP contribution in [0.5, 0.6) is 0 Å². The lowest BCUT2D eigenvalue weighted by molar-refractivity contribution is 0.103. The molecule has 0 aliphatic carbocycles. The SMILES string of the molecule is CCCC(C)COCCNCC1CCOC1. The van der Waals surface area contributed by atoms with Crippen molar-refractivity contribution in [1.82, 2.24) is 5.32 Å². The van der Waals surface area contributed by atoms with Gasteiger partial charge in [0.15, 0.2) is 0 Å². The Kier molecular flexibility index (Phi) is 7.81. The van der Waals surface area contributed by atoms with Gasteiger partial charge in [-0.3, -0.25) is 0 Å². The third-order valence-corrected chi connectivity index (χ3v) is 3.06. The zero-order valence-electron chi connectivity index (χ0n) is 10.8. The molecule has 0 radical (unpaired) electrons. The molecule has 0 spiro atoms. The van der Waals surface area contributed by atoms with Gasteiger partial charge in [0.25, 0.3) is 0 Å². The highest BCUT2D eigenvalue weighted by atomic mass is 16.5. The van der Waals surface area contributed by atoms with Crippen LogP contribution in [0.15, 0.2) is 0 Å². The van der Waals surface area contributed by atoms with Gasteiger partial charge in [0, 0.05) is 26.3 Å². The quantitative estimate of drug-likeness (QED) is 0.614. The van der Waals surface area contributed by atoms with E-state index in [0.717, 1.165) is 45.4 Å². The summed E-state index contributed by atoms with van der Waals surface area (Å²) in [4.78, 5) is 0. The zero-order valence-corrected chi connectivity index (χ0v) is 10.8. The Hall–Kier alpha value is -0.120. The minimum atomic E-state index is 0.702. The van der Waals surface area contributed by atoms with Crippen molar-refractivity contribution < 1.29 is 9.47 Å². The van der Waals surface area contributed by atoms with E-state index in [-0.39, 0.29) is 0 Å². The first kappa shape index (κ1) is 13.9. The summed E-state index contributed by atoms with van der Waals surface area (Å²) in [5, 5.41) is 3.43. The molecule has 96 valence electrons. The average molecular weight is 229 g/mol. The van der Waals surface area contributed by atoms with Gasteiger partial charge in [0.05, 0.1) is 13.2 Å². The Balaban J connectivity index is 1.80. The van der Waals surface area contributed by atoms with Crippen LogP contribution in [0, 0.1) is 11.8 Å². The van der Waals surface area contributed by atoms with Crippen LogP contribution >= 0.6 is 0 Å². The van der Waals surface area contributed by atoms with E-state index in [0.29, 0.717) is 5.92 Å². The van der Waals surface area contributed by atoms with Crippen molar-refractivity contribution >= 4 is 0 Å². The second kappa shape index (κ2) is 8.97. The Morgan fingerprint density at radius 1 is 1.50 bits per heavy atom. The summed E-state index contributed by atoms with van der Waals surface area (Å²) in [5.74, 6) is 1.42. The summed E-state index contributed by atoms with van der Waals surface area (Å²) in [6, 6.07) is 0. The van der Waals surface area contributed by atoms with Crippen LogP contribution in [0.25, 0.3) is 0 Å². The molecule has 1 rings (SSSR count). The summed E-state index contributed by atoms with van der Waals surface area (Å²) >= 11 is 0. The third kappa shape index (κ3) is 6.46. The molecule has 1 heterocycles. The highest BCUT2D eigenvalue weighted by Crippen LogP contribution is 2.10. The number of hydrogen-bond donors (Lipinski definition) is 1. The molecular formula is C13H27NO2. The first-order chi connectivity index (χ1) is 7.83. The standard InChI is InChI=1S/C13H27NO2/c1-3-4-12(2)10-16-8-6-14-9-13-5-7-15-11-13/h12-14H,3-11H2,1-2H3. The van der Waals surface area contributed by atoms with Crippen molar-refractivity contribution in [3.8, 4) is 0 Å². The van der Waals surface area contributed by atoms with E-state index in [1.54, 1.807) is 0 Å². The van der Waals surface area contributed by atoms with Gasteiger partial charge in [-0.05, 0) is 24.7 Å². The fourth-order valence-electron chi connectivity index (χ4n) is 2.06. The van der Waals surface area contributed by atoms with Crippen molar-refractivity contribution in [3.63, 3.8) is 0 Å². The Bertz CT molecular complexity index is 158. The fourth-order valence-corrected chi connectivity index (χ4v) is 2.06. The molecule has 0 saturated carbocycles. The minimum absolute atomic E-state index is 0.702. The summed E-state index contributed by atoms with van der Waals surface area (Å²) in [5.41, 5.74) is 0. The molecule has 3 nitrogen and oxygen atoms in total. The van der Waals surface area contributed by atoms with Gasteiger partial charge < -0.3 is 14.8 Å². The molecule has 2 unspecified atom stereocenters. The van der Waals surface area contributed by atoms with Crippen molar-refractivity contribution in [1.29, 1.82) is 0 Å². The van der Waals surface area contributed by atoms with Gasteiger partial charge in [0.2, 0.25) is 0 Å². The predicted molar refractivity (Wildman–Crippen MR) is 66.7 cm³/mol. The maximum atomic E-state index is 5.62. The molecule has 0 bridgehead atoms. The highest BCUT2D eigenvalue weighted by molar-refractivity contribution is 4.66. The van der Waals surface area contributed by atoms with E-state index in [4.69, 9.17) is 9.47 Å². The normalized spacial score (nSPS) is 22.5. The molecular weight excluding hydrogens is 202 g/mol. The summed E-state index contributed by atoms with van der Waals surface area (Å²) in [6.45, 7) is 10.1. The Labute approximate surface area is 99.9 Å². The average Bonchev–Trinajstić information content (AvgIpc) is 2.76. The second-order valence-corrected chi connectivity index (χ2v) is 4.90. The smallest absolute Gasteiger partial charge is 0.0591 e. The molecule has 0 aromatic rings. The van der Waals surface area contributed by atoms with E-state index in [1.165, 1.54) is 19.3 Å². The molecule has 1 aliphatic heterocycles. The van der Waals surface area contributed by atoms with Crippen molar-refractivity contribution in [2.75, 3.05) is 39.5 Å². The summed E-state index contributed by atoms with van der Waals surface area (Å²) in [6.07, 6.45) is 3.73. The van der Waals surface area contributed by atoms with Crippen LogP contribution in [-0.2, 0) is 9.47 Å². The molecule has 1 N–H and O–H groups in total. The first-order valence-electron chi connectivity index (χ1n) is 6.69. The maximum absolute atomic E-state index is 5.62. The molecule has 1 saturated heterocycles. The Morgan fingerprint density at radius 3 is 3.06 bits per heavy atom. The van der Waals surface area contributed by atoms with E-state index < -0.39 is 0 Å². The number of rotatable bonds is 9. The molecule has 16 heavy (non-hydrogen) atoms. The van der Waals surface area contributed by atoms with Crippen molar-refractivity contribution in [2.24, 2.45) is 11.8 Å². The molecule has 3 heteroatoms. The number of ether oxygens (including phenoxy) is 2. The maximum Gasteiger partial charge on any atom is 0.0591 e. The van der Waals surface area contributed by atoms with Crippen LogP contribution in [-0.4, -0.2) is 39.5 Å². The number of nitrogens with one attached hydrogen (secondary N) is 1. The van der Waals surface area contributed by atoms with Crippen molar-refractivity contribution in [3.05, 3.63) is 0 Å². The minimum Gasteiger partial charge on any atom is -0.381 e. The largest absolute Gasteiger partial charge is 0.381 e. The topological polar surface area (TPSA) is 30.5 Å². The molecule has 1 aliphatic rings. The third-order valence-electron chi connectivity index (χ3n) is 3.06. The first-order valence-corrected chi connectivity index (χ1v) is 6.69. The van der Waals surface area contributed by atoms with Crippen LogP contribution in [0.4, 0.5) is 0 Å². The van der Waals surface area contributed by atoms with E-state index in [2.05, 4.69) is 19.2 Å². The second-order valence-electron chi connectivity index (χ2n) is 4.90. The molecule has 2 atom stereocenters. The van der Waals surface area contributed by atoms with Crippen molar-refractivity contribution in [2.45, 2.75) is 33.1 Å². The van der Waals surface area contributed by atoms with Crippen LogP contribution in [0.1, 0.15) is 33.1 Å². The van der Waals surface area contributed by atoms with Gasteiger partial charge in [-0.2, -0.15) is 0 Å². The number of hydrogen-bond acceptors (Lipinski definition) is 3. The fraction of sp³-hybridized carbons (Fsp3) is 1.00. The van der Waals surface area contributed by atoms with Gasteiger partial charge >= 0.3 is 0 Å². The molecule has 0 aromatic carbocycles. The lowest BCUT2D eigenvalue weighted by Crippen LogP contribution is -2.27. The molecule has 0 amide bonds. The van der Waals surface area contributed by atoms with Gasteiger partial charge in [0.1, 0.15) is 0 Å². The lowest BCUT2D eigenvalue weighted by atomic mass is 10.1. The van der Waals surface area contributed by atoms with Crippen LogP contribution in [0.3, 0.4) is 0 Å². The van der Waals surface area contributed by atoms with Crippen LogP contribution in [0.2, 0.25) is 0 Å². The lowest BCUT2D eigenvalue weighted by Gasteiger charge is -2.12. The van der Waals surface area contributed by atoms with E-state index in [1.807, 2.05) is 0 Å². The zero-order chi connectivity index (χ0) is 11.6. The van der Waals surface area contributed by atoms with Gasteiger partial charge in [-0.1, -0.05) is 20.3 Å². The van der Waals surface area contributed by atoms with E-state index in [9.17, 15) is 0 Å². The monoisotopic (exact) mass is 229 g/mol. The van der Waals surface area contributed by atoms with Gasteiger partial charge in [-0.15, -0.1) is 0 Å². The van der Waals surface area contributed by atoms with E-state index >= 15 is 0 Å².